The third-order valence-corrected chi connectivity index (χ3v) is 5.83. The molecule has 0 saturated heterocycles. The Labute approximate surface area is 164 Å². The molecule has 0 fully saturated rings. The number of hydrogen-bond donors (Lipinski definition) is 1. The third kappa shape index (κ3) is 3.74. The summed E-state index contributed by atoms with van der Waals surface area (Å²) in [7, 11) is 0. The van der Waals surface area contributed by atoms with Crippen molar-refractivity contribution in [1.29, 1.82) is 0 Å². The number of nitrogens with one attached hydrogen (secondary N) is 1. The van der Waals surface area contributed by atoms with Crippen molar-refractivity contribution in [2.75, 3.05) is 11.6 Å². The summed E-state index contributed by atoms with van der Waals surface area (Å²) in [5, 5.41) is 4.92. The second-order valence-corrected chi connectivity index (χ2v) is 7.62. The number of anilines is 1. The molecule has 0 radical (unpaired) electrons. The molecule has 27 heavy (non-hydrogen) atoms. The lowest BCUT2D eigenvalue weighted by molar-refractivity contribution is -0.115. The van der Waals surface area contributed by atoms with Gasteiger partial charge in [-0.05, 0) is 42.7 Å². The Balaban J connectivity index is 1.55. The number of amides is 1. The number of carbonyl (C=O) groups excluding carboxylic acids is 1. The summed E-state index contributed by atoms with van der Waals surface area (Å²) < 4.78 is 15.0. The molecule has 0 aliphatic heterocycles. The second-order valence-electron chi connectivity index (χ2n) is 5.94. The zero-order valence-corrected chi connectivity index (χ0v) is 16.1. The number of para-hydroxylation sites is 1. The second kappa shape index (κ2) is 7.54. The number of fused-ring (bicyclic) bond motifs is 1. The van der Waals surface area contributed by atoms with Crippen LogP contribution in [0.25, 0.3) is 16.2 Å². The van der Waals surface area contributed by atoms with Crippen molar-refractivity contribution in [2.24, 2.45) is 0 Å². The Morgan fingerprint density at radius 1 is 1.22 bits per heavy atom. The van der Waals surface area contributed by atoms with Gasteiger partial charge in [-0.1, -0.05) is 12.1 Å². The van der Waals surface area contributed by atoms with E-state index >= 15 is 0 Å². The smallest absolute Gasteiger partial charge is 0.230 e. The van der Waals surface area contributed by atoms with Crippen LogP contribution in [0, 0.1) is 5.82 Å². The minimum Gasteiger partial charge on any atom is -0.325 e. The van der Waals surface area contributed by atoms with Crippen molar-refractivity contribution in [3.63, 3.8) is 0 Å². The summed E-state index contributed by atoms with van der Waals surface area (Å²) in [6.07, 6.45) is 4.12. The van der Waals surface area contributed by atoms with Crippen molar-refractivity contribution in [1.82, 2.24) is 9.38 Å². The summed E-state index contributed by atoms with van der Waals surface area (Å²) in [6.45, 7) is 0. The van der Waals surface area contributed by atoms with Crippen LogP contribution in [0.3, 0.4) is 0 Å². The largest absolute Gasteiger partial charge is 0.325 e. The van der Waals surface area contributed by atoms with Crippen LogP contribution in [-0.4, -0.2) is 21.5 Å². The molecule has 0 atom stereocenters. The first kappa shape index (κ1) is 17.8. The Morgan fingerprint density at radius 3 is 2.78 bits per heavy atom. The fourth-order valence-corrected chi connectivity index (χ4v) is 4.25. The standard InChI is InChI=1S/C20H16FN3OS2/c1-26-18-5-3-2-4-16(18)22-19(25)10-15-12-27-20-23-17(11-24(15)20)13-6-8-14(21)9-7-13/h2-9,11-12H,10H2,1H3,(H,22,25). The van der Waals surface area contributed by atoms with Crippen molar-refractivity contribution < 1.29 is 9.18 Å². The van der Waals surface area contributed by atoms with Crippen molar-refractivity contribution >= 4 is 39.7 Å². The summed E-state index contributed by atoms with van der Waals surface area (Å²) in [4.78, 5) is 18.9. The highest BCUT2D eigenvalue weighted by Gasteiger charge is 2.13. The first-order chi connectivity index (χ1) is 13.1. The summed E-state index contributed by atoms with van der Waals surface area (Å²) >= 11 is 3.08. The molecular formula is C20H16FN3OS2. The van der Waals surface area contributed by atoms with E-state index in [0.29, 0.717) is 0 Å². The molecule has 0 aliphatic carbocycles. The first-order valence-corrected chi connectivity index (χ1v) is 10.4. The molecule has 0 unspecified atom stereocenters. The lowest BCUT2D eigenvalue weighted by atomic mass is 10.2. The molecule has 2 aromatic heterocycles. The molecule has 0 saturated carbocycles. The van der Waals surface area contributed by atoms with Gasteiger partial charge in [0.15, 0.2) is 4.96 Å². The predicted octanol–water partition coefficient (Wildman–Crippen LogP) is 5.11. The Hall–Kier alpha value is -2.64. The maximum atomic E-state index is 13.1. The number of carbonyl (C=O) groups is 1. The van der Waals surface area contributed by atoms with Crippen LogP contribution in [0.4, 0.5) is 10.1 Å². The Bertz CT molecular complexity index is 1100. The van der Waals surface area contributed by atoms with Gasteiger partial charge in [-0.3, -0.25) is 9.20 Å². The van der Waals surface area contributed by atoms with Gasteiger partial charge in [0.1, 0.15) is 5.82 Å². The average molecular weight is 398 g/mol. The monoisotopic (exact) mass is 397 g/mol. The van der Waals surface area contributed by atoms with E-state index in [9.17, 15) is 9.18 Å². The highest BCUT2D eigenvalue weighted by Crippen LogP contribution is 2.26. The van der Waals surface area contributed by atoms with Gasteiger partial charge in [0.05, 0.1) is 17.8 Å². The van der Waals surface area contributed by atoms with Gasteiger partial charge in [-0.15, -0.1) is 23.1 Å². The van der Waals surface area contributed by atoms with E-state index < -0.39 is 0 Å². The number of rotatable bonds is 5. The van der Waals surface area contributed by atoms with Crippen molar-refractivity contribution in [2.45, 2.75) is 11.3 Å². The predicted molar refractivity (Wildman–Crippen MR) is 109 cm³/mol. The Morgan fingerprint density at radius 2 is 2.00 bits per heavy atom. The van der Waals surface area contributed by atoms with E-state index in [0.717, 1.165) is 32.5 Å². The molecule has 1 N–H and O–H groups in total. The SMILES string of the molecule is CSc1ccccc1NC(=O)Cc1csc2nc(-c3ccc(F)cc3)cn12. The van der Waals surface area contributed by atoms with E-state index in [-0.39, 0.29) is 18.1 Å². The quantitative estimate of drug-likeness (QED) is 0.476. The highest BCUT2D eigenvalue weighted by molar-refractivity contribution is 7.98. The van der Waals surface area contributed by atoms with Gasteiger partial charge in [0.2, 0.25) is 5.91 Å². The highest BCUT2D eigenvalue weighted by atomic mass is 32.2. The van der Waals surface area contributed by atoms with E-state index in [1.807, 2.05) is 46.5 Å². The molecule has 0 spiro atoms. The number of nitrogens with zero attached hydrogens (tertiary/aromatic N) is 2. The van der Waals surface area contributed by atoms with E-state index in [1.54, 1.807) is 23.9 Å². The summed E-state index contributed by atoms with van der Waals surface area (Å²) in [5.41, 5.74) is 3.29. The number of imidazole rings is 1. The number of benzene rings is 2. The van der Waals surface area contributed by atoms with Crippen LogP contribution in [-0.2, 0) is 11.2 Å². The fraction of sp³-hybridized carbons (Fsp3) is 0.100. The molecule has 136 valence electrons. The molecule has 4 nitrogen and oxygen atoms in total. The number of halogens is 1. The van der Waals surface area contributed by atoms with E-state index in [4.69, 9.17) is 0 Å². The molecule has 1 amide bonds. The maximum Gasteiger partial charge on any atom is 0.230 e. The van der Waals surface area contributed by atoms with Gasteiger partial charge in [0.25, 0.3) is 0 Å². The molecule has 0 bridgehead atoms. The lowest BCUT2D eigenvalue weighted by Gasteiger charge is -2.08. The normalized spacial score (nSPS) is 11.0. The van der Waals surface area contributed by atoms with Crippen LogP contribution < -0.4 is 5.32 Å². The van der Waals surface area contributed by atoms with Crippen molar-refractivity contribution in [3.05, 3.63) is 71.6 Å². The van der Waals surface area contributed by atoms with Crippen LogP contribution >= 0.6 is 23.1 Å². The minimum atomic E-state index is -0.275. The average Bonchev–Trinajstić information content (AvgIpc) is 3.25. The van der Waals surface area contributed by atoms with Gasteiger partial charge >= 0.3 is 0 Å². The van der Waals surface area contributed by atoms with Crippen LogP contribution in [0.1, 0.15) is 5.69 Å². The topological polar surface area (TPSA) is 46.4 Å². The van der Waals surface area contributed by atoms with Gasteiger partial charge in [-0.25, -0.2) is 9.37 Å². The third-order valence-electron chi connectivity index (χ3n) is 4.15. The molecule has 2 aromatic carbocycles. The van der Waals surface area contributed by atoms with Crippen LogP contribution in [0.15, 0.2) is 65.0 Å². The van der Waals surface area contributed by atoms with Gasteiger partial charge in [-0.2, -0.15) is 0 Å². The molecule has 4 rings (SSSR count). The zero-order chi connectivity index (χ0) is 18.8. The summed E-state index contributed by atoms with van der Waals surface area (Å²) in [5.74, 6) is -0.351. The van der Waals surface area contributed by atoms with Gasteiger partial charge in [0, 0.05) is 27.7 Å². The van der Waals surface area contributed by atoms with Crippen LogP contribution in [0.2, 0.25) is 0 Å². The first-order valence-electron chi connectivity index (χ1n) is 8.28. The van der Waals surface area contributed by atoms with E-state index in [1.165, 1.54) is 23.5 Å². The molecule has 7 heteroatoms. The summed E-state index contributed by atoms with van der Waals surface area (Å²) in [6, 6.07) is 14.0. The maximum absolute atomic E-state index is 13.1. The number of thiazole rings is 1. The molecular weight excluding hydrogens is 381 g/mol. The van der Waals surface area contributed by atoms with Crippen molar-refractivity contribution in [3.8, 4) is 11.3 Å². The molecule has 4 aromatic rings. The molecule has 0 aliphatic rings. The zero-order valence-electron chi connectivity index (χ0n) is 14.5. The minimum absolute atomic E-state index is 0.0757. The number of hydrogen-bond acceptors (Lipinski definition) is 4. The molecule has 2 heterocycles. The number of aromatic nitrogens is 2. The lowest BCUT2D eigenvalue weighted by Crippen LogP contribution is -2.15. The fourth-order valence-electron chi connectivity index (χ4n) is 2.82. The van der Waals surface area contributed by atoms with Gasteiger partial charge < -0.3 is 5.32 Å². The number of thioether (sulfide) groups is 1. The van der Waals surface area contributed by atoms with Crippen LogP contribution in [0.5, 0.6) is 0 Å². The van der Waals surface area contributed by atoms with E-state index in [2.05, 4.69) is 10.3 Å². The Kier molecular flexibility index (Phi) is 4.96.